The van der Waals surface area contributed by atoms with Gasteiger partial charge in [0.25, 0.3) is 5.91 Å². The van der Waals surface area contributed by atoms with E-state index in [1.807, 2.05) is 36.4 Å². The molecule has 1 heterocycles. The average Bonchev–Trinajstić information content (AvgIpc) is 2.88. The molecule has 0 aliphatic carbocycles. The van der Waals surface area contributed by atoms with Gasteiger partial charge in [-0.05, 0) is 64.7 Å². The fourth-order valence-corrected chi connectivity index (χ4v) is 3.44. The SMILES string of the molecule is O=C(O)c1ccc(CNC(=O)c2cccc(C#CCc3cccc(-c4ccncc4)c3)c2)cc1. The highest BCUT2D eigenvalue weighted by Gasteiger charge is 2.07. The average molecular weight is 447 g/mol. The number of aromatic carboxylic acids is 1. The summed E-state index contributed by atoms with van der Waals surface area (Å²) in [5.41, 5.74) is 5.68. The summed E-state index contributed by atoms with van der Waals surface area (Å²) < 4.78 is 0. The van der Waals surface area contributed by atoms with Crippen LogP contribution in [0.25, 0.3) is 11.1 Å². The van der Waals surface area contributed by atoms with Crippen molar-refractivity contribution in [2.45, 2.75) is 13.0 Å². The Morgan fingerprint density at radius 3 is 2.32 bits per heavy atom. The van der Waals surface area contributed by atoms with Gasteiger partial charge in [0, 0.05) is 36.5 Å². The molecule has 5 heteroatoms. The number of nitrogens with one attached hydrogen (secondary N) is 1. The van der Waals surface area contributed by atoms with Gasteiger partial charge in [0.1, 0.15) is 0 Å². The Kier molecular flexibility index (Phi) is 7.12. The van der Waals surface area contributed by atoms with E-state index in [-0.39, 0.29) is 11.5 Å². The van der Waals surface area contributed by atoms with Gasteiger partial charge in [0.2, 0.25) is 0 Å². The molecule has 0 fully saturated rings. The minimum absolute atomic E-state index is 0.212. The summed E-state index contributed by atoms with van der Waals surface area (Å²) in [5.74, 6) is 5.15. The second-order valence-electron chi connectivity index (χ2n) is 7.68. The van der Waals surface area contributed by atoms with Crippen LogP contribution in [0.1, 0.15) is 37.4 Å². The highest BCUT2D eigenvalue weighted by Crippen LogP contribution is 2.19. The normalized spacial score (nSPS) is 10.1. The van der Waals surface area contributed by atoms with Crippen LogP contribution in [0.3, 0.4) is 0 Å². The van der Waals surface area contributed by atoms with Gasteiger partial charge >= 0.3 is 5.97 Å². The number of carboxylic acid groups (broad SMARTS) is 1. The summed E-state index contributed by atoms with van der Waals surface area (Å²) in [6, 6.07) is 25.8. The van der Waals surface area contributed by atoms with Crippen molar-refractivity contribution < 1.29 is 14.7 Å². The Balaban J connectivity index is 1.38. The van der Waals surface area contributed by atoms with Crippen molar-refractivity contribution in [3.63, 3.8) is 0 Å². The van der Waals surface area contributed by atoms with Crippen LogP contribution in [0.15, 0.2) is 97.3 Å². The first-order chi connectivity index (χ1) is 16.6. The number of aromatic nitrogens is 1. The molecular formula is C29H22N2O3. The number of amides is 1. The first-order valence-corrected chi connectivity index (χ1v) is 10.8. The fraction of sp³-hybridized carbons (Fsp3) is 0.0690. The summed E-state index contributed by atoms with van der Waals surface area (Å²) in [5, 5.41) is 11.8. The highest BCUT2D eigenvalue weighted by molar-refractivity contribution is 5.94. The van der Waals surface area contributed by atoms with Crippen molar-refractivity contribution in [2.24, 2.45) is 0 Å². The van der Waals surface area contributed by atoms with Gasteiger partial charge in [0.15, 0.2) is 0 Å². The second-order valence-corrected chi connectivity index (χ2v) is 7.68. The van der Waals surface area contributed by atoms with Gasteiger partial charge in [-0.25, -0.2) is 4.79 Å². The maximum Gasteiger partial charge on any atom is 0.335 e. The molecule has 4 aromatic rings. The lowest BCUT2D eigenvalue weighted by molar-refractivity contribution is 0.0696. The van der Waals surface area contributed by atoms with Crippen molar-refractivity contribution in [3.8, 4) is 23.0 Å². The topological polar surface area (TPSA) is 79.3 Å². The van der Waals surface area contributed by atoms with Crippen LogP contribution in [0, 0.1) is 11.8 Å². The van der Waals surface area contributed by atoms with Gasteiger partial charge in [-0.3, -0.25) is 9.78 Å². The molecule has 1 aromatic heterocycles. The number of nitrogens with zero attached hydrogens (tertiary/aromatic N) is 1. The number of carbonyl (C=O) groups is 2. The molecule has 0 atom stereocenters. The number of carboxylic acids is 1. The predicted octanol–water partition coefficient (Wildman–Crippen LogP) is 4.97. The zero-order valence-corrected chi connectivity index (χ0v) is 18.4. The number of hydrogen-bond donors (Lipinski definition) is 2. The van der Waals surface area contributed by atoms with Crippen LogP contribution in [0.5, 0.6) is 0 Å². The number of rotatable bonds is 6. The zero-order chi connectivity index (χ0) is 23.8. The van der Waals surface area contributed by atoms with Crippen LogP contribution in [-0.4, -0.2) is 22.0 Å². The molecule has 34 heavy (non-hydrogen) atoms. The lowest BCUT2D eigenvalue weighted by atomic mass is 10.0. The van der Waals surface area contributed by atoms with Gasteiger partial charge in [-0.1, -0.05) is 54.3 Å². The highest BCUT2D eigenvalue weighted by atomic mass is 16.4. The van der Waals surface area contributed by atoms with E-state index in [0.29, 0.717) is 18.5 Å². The van der Waals surface area contributed by atoms with Crippen LogP contribution < -0.4 is 5.32 Å². The monoisotopic (exact) mass is 446 g/mol. The molecule has 0 saturated carbocycles. The van der Waals surface area contributed by atoms with Crippen LogP contribution >= 0.6 is 0 Å². The summed E-state index contributed by atoms with van der Waals surface area (Å²) in [6.07, 6.45) is 4.15. The molecule has 3 aromatic carbocycles. The molecule has 0 radical (unpaired) electrons. The molecular weight excluding hydrogens is 424 g/mol. The third-order valence-corrected chi connectivity index (χ3v) is 5.24. The molecule has 5 nitrogen and oxygen atoms in total. The minimum atomic E-state index is -0.977. The Morgan fingerprint density at radius 1 is 0.794 bits per heavy atom. The van der Waals surface area contributed by atoms with Crippen LogP contribution in [-0.2, 0) is 13.0 Å². The third-order valence-electron chi connectivity index (χ3n) is 5.24. The molecule has 4 rings (SSSR count). The first kappa shape index (κ1) is 22.5. The van der Waals surface area contributed by atoms with Crippen molar-refractivity contribution in [1.82, 2.24) is 10.3 Å². The molecule has 1 amide bonds. The summed E-state index contributed by atoms with van der Waals surface area (Å²) >= 11 is 0. The van der Waals surface area contributed by atoms with E-state index in [1.165, 1.54) is 12.1 Å². The first-order valence-electron chi connectivity index (χ1n) is 10.8. The van der Waals surface area contributed by atoms with E-state index in [2.05, 4.69) is 34.3 Å². The number of benzene rings is 3. The quantitative estimate of drug-likeness (QED) is 0.410. The molecule has 0 saturated heterocycles. The molecule has 2 N–H and O–H groups in total. The maximum absolute atomic E-state index is 12.6. The summed E-state index contributed by atoms with van der Waals surface area (Å²) in [7, 11) is 0. The van der Waals surface area contributed by atoms with Gasteiger partial charge in [-0.2, -0.15) is 0 Å². The molecule has 166 valence electrons. The molecule has 0 aliphatic heterocycles. The Hall–Kier alpha value is -4.69. The standard InChI is InChI=1S/C29H22N2O3/c32-28(31-20-23-10-12-25(13-11-23)29(33)34)27-9-3-7-22(19-27)5-1-4-21-6-2-8-26(18-21)24-14-16-30-17-15-24/h2-3,6-19H,4,20H2,(H,31,32)(H,33,34). The molecule has 0 aliphatic rings. The van der Waals surface area contributed by atoms with Gasteiger partial charge in [0.05, 0.1) is 5.56 Å². The lowest BCUT2D eigenvalue weighted by Gasteiger charge is -2.06. The number of hydrogen-bond acceptors (Lipinski definition) is 3. The van der Waals surface area contributed by atoms with E-state index in [9.17, 15) is 9.59 Å². The van der Waals surface area contributed by atoms with E-state index in [0.717, 1.165) is 27.8 Å². The molecule has 0 spiro atoms. The summed E-state index contributed by atoms with van der Waals surface area (Å²) in [6.45, 7) is 0.308. The minimum Gasteiger partial charge on any atom is -0.478 e. The lowest BCUT2D eigenvalue weighted by Crippen LogP contribution is -2.22. The van der Waals surface area contributed by atoms with E-state index >= 15 is 0 Å². The second kappa shape index (κ2) is 10.8. The fourth-order valence-electron chi connectivity index (χ4n) is 3.44. The third kappa shape index (κ3) is 5.96. The smallest absolute Gasteiger partial charge is 0.335 e. The van der Waals surface area contributed by atoms with Gasteiger partial charge in [-0.15, -0.1) is 0 Å². The number of pyridine rings is 1. The van der Waals surface area contributed by atoms with E-state index in [4.69, 9.17) is 5.11 Å². The largest absolute Gasteiger partial charge is 0.478 e. The Morgan fingerprint density at radius 2 is 1.56 bits per heavy atom. The van der Waals surface area contributed by atoms with E-state index < -0.39 is 5.97 Å². The number of carbonyl (C=O) groups excluding carboxylic acids is 1. The van der Waals surface area contributed by atoms with Gasteiger partial charge < -0.3 is 10.4 Å². The van der Waals surface area contributed by atoms with Crippen LogP contribution in [0.4, 0.5) is 0 Å². The Bertz CT molecular complexity index is 1370. The summed E-state index contributed by atoms with van der Waals surface area (Å²) in [4.78, 5) is 27.6. The predicted molar refractivity (Wildman–Crippen MR) is 131 cm³/mol. The van der Waals surface area contributed by atoms with Crippen molar-refractivity contribution in [3.05, 3.63) is 125 Å². The van der Waals surface area contributed by atoms with E-state index in [1.54, 1.807) is 36.7 Å². The van der Waals surface area contributed by atoms with Crippen molar-refractivity contribution in [2.75, 3.05) is 0 Å². The molecule has 0 bridgehead atoms. The zero-order valence-electron chi connectivity index (χ0n) is 18.4. The maximum atomic E-state index is 12.6. The molecule has 0 unspecified atom stereocenters. The van der Waals surface area contributed by atoms with Crippen molar-refractivity contribution >= 4 is 11.9 Å². The van der Waals surface area contributed by atoms with Crippen LogP contribution in [0.2, 0.25) is 0 Å². The Labute approximate surface area is 198 Å². The van der Waals surface area contributed by atoms with Crippen molar-refractivity contribution in [1.29, 1.82) is 0 Å².